The first kappa shape index (κ1) is 22.7. The van der Waals surface area contributed by atoms with E-state index in [1.807, 2.05) is 30.3 Å². The Morgan fingerprint density at radius 2 is 1.72 bits per heavy atom. The minimum absolute atomic E-state index is 0.00602. The molecule has 2 atom stereocenters. The van der Waals surface area contributed by atoms with Crippen molar-refractivity contribution in [3.63, 3.8) is 0 Å². The third kappa shape index (κ3) is 4.97. The number of nitrogens with zero attached hydrogens (tertiary/aromatic N) is 2. The van der Waals surface area contributed by atoms with Crippen LogP contribution in [0.15, 0.2) is 48.5 Å². The largest absolute Gasteiger partial charge is 0.352 e. The molecule has 4 rings (SSSR count). The summed E-state index contributed by atoms with van der Waals surface area (Å²) in [6, 6.07) is 13.0. The van der Waals surface area contributed by atoms with Gasteiger partial charge in [-0.1, -0.05) is 48.0 Å². The highest BCUT2D eigenvalue weighted by atomic mass is 35.5. The molecule has 2 aromatic carbocycles. The number of likely N-dealkylation sites (tertiary alicyclic amines) is 2. The Morgan fingerprint density at radius 3 is 2.41 bits per heavy atom. The van der Waals surface area contributed by atoms with Gasteiger partial charge < -0.3 is 10.2 Å². The van der Waals surface area contributed by atoms with E-state index in [0.717, 1.165) is 44.3 Å². The van der Waals surface area contributed by atoms with Crippen molar-refractivity contribution in [3.05, 3.63) is 70.5 Å². The molecule has 0 spiro atoms. The van der Waals surface area contributed by atoms with E-state index < -0.39 is 6.04 Å². The van der Waals surface area contributed by atoms with Crippen LogP contribution in [0.3, 0.4) is 0 Å². The average molecular weight is 458 g/mol. The summed E-state index contributed by atoms with van der Waals surface area (Å²) in [5, 5.41) is 3.39. The lowest BCUT2D eigenvalue weighted by Gasteiger charge is -2.35. The Kier molecular flexibility index (Phi) is 7.43. The van der Waals surface area contributed by atoms with Crippen LogP contribution in [0.1, 0.15) is 55.3 Å². The number of benzene rings is 2. The second-order valence-electron chi connectivity index (χ2n) is 8.50. The van der Waals surface area contributed by atoms with Gasteiger partial charge in [-0.25, -0.2) is 4.39 Å². The van der Waals surface area contributed by atoms with Crippen molar-refractivity contribution in [2.75, 3.05) is 26.2 Å². The van der Waals surface area contributed by atoms with Gasteiger partial charge in [0.05, 0.1) is 6.04 Å². The summed E-state index contributed by atoms with van der Waals surface area (Å²) in [4.78, 5) is 30.0. The van der Waals surface area contributed by atoms with E-state index in [2.05, 4.69) is 10.2 Å². The smallest absolute Gasteiger partial charge is 0.247 e. The molecule has 2 aliphatic heterocycles. The quantitative estimate of drug-likeness (QED) is 0.666. The van der Waals surface area contributed by atoms with Crippen molar-refractivity contribution in [3.8, 4) is 0 Å². The maximum atomic E-state index is 14.8. The van der Waals surface area contributed by atoms with Gasteiger partial charge in [0.25, 0.3) is 0 Å². The highest BCUT2D eigenvalue weighted by Crippen LogP contribution is 2.32. The second-order valence-corrected chi connectivity index (χ2v) is 8.90. The van der Waals surface area contributed by atoms with Gasteiger partial charge in [-0.05, 0) is 56.5 Å². The summed E-state index contributed by atoms with van der Waals surface area (Å²) in [5.41, 5.74) is 1.20. The fourth-order valence-electron chi connectivity index (χ4n) is 4.80. The van der Waals surface area contributed by atoms with E-state index in [4.69, 9.17) is 11.6 Å². The number of hydrogen-bond acceptors (Lipinski definition) is 3. The van der Waals surface area contributed by atoms with Crippen LogP contribution in [0.25, 0.3) is 0 Å². The molecule has 1 N–H and O–H groups in total. The highest BCUT2D eigenvalue weighted by Gasteiger charge is 2.34. The minimum Gasteiger partial charge on any atom is -0.352 e. The van der Waals surface area contributed by atoms with E-state index in [1.165, 1.54) is 6.07 Å². The summed E-state index contributed by atoms with van der Waals surface area (Å²) < 4.78 is 14.8. The van der Waals surface area contributed by atoms with Crippen LogP contribution < -0.4 is 5.32 Å². The summed E-state index contributed by atoms with van der Waals surface area (Å²) in [7, 11) is 0. The number of carbonyl (C=O) groups is 2. The van der Waals surface area contributed by atoms with Gasteiger partial charge >= 0.3 is 0 Å². The summed E-state index contributed by atoms with van der Waals surface area (Å²) in [5.74, 6) is -0.619. The number of halogens is 2. The lowest BCUT2D eigenvalue weighted by molar-refractivity contribution is -0.142. The number of carbonyl (C=O) groups excluding carboxylic acids is 2. The van der Waals surface area contributed by atoms with Crippen LogP contribution in [-0.4, -0.2) is 47.8 Å². The van der Waals surface area contributed by atoms with Gasteiger partial charge in [0.15, 0.2) is 0 Å². The molecule has 0 bridgehead atoms. The van der Waals surface area contributed by atoms with Gasteiger partial charge in [-0.3, -0.25) is 14.5 Å². The Bertz CT molecular complexity index is 929. The summed E-state index contributed by atoms with van der Waals surface area (Å²) in [6.45, 7) is 2.45. The number of rotatable bonds is 7. The number of piperidine rings is 1. The standard InChI is InChI=1S/C25H29ClFN3O2/c26-19-11-8-12-20(27)23(19)21(29-14-6-7-15-29)17-28-25(32)24(18-9-2-1-3-10-18)30-16-5-4-13-22(30)31/h1-3,8-12,21,24H,4-7,13-17H2,(H,28,32). The van der Waals surface area contributed by atoms with Crippen LogP contribution in [-0.2, 0) is 9.59 Å². The Labute approximate surface area is 193 Å². The molecule has 2 aliphatic rings. The second kappa shape index (κ2) is 10.5. The topological polar surface area (TPSA) is 52.7 Å². The zero-order valence-corrected chi connectivity index (χ0v) is 18.9. The molecule has 2 aromatic rings. The molecule has 5 nitrogen and oxygen atoms in total. The van der Waals surface area contributed by atoms with Gasteiger partial charge in [-0.15, -0.1) is 0 Å². The average Bonchev–Trinajstić information content (AvgIpc) is 3.33. The van der Waals surface area contributed by atoms with Crippen LogP contribution in [0, 0.1) is 5.82 Å². The van der Waals surface area contributed by atoms with Crippen LogP contribution in [0.4, 0.5) is 4.39 Å². The maximum Gasteiger partial charge on any atom is 0.247 e. The predicted octanol–water partition coefficient (Wildman–Crippen LogP) is 4.49. The molecule has 7 heteroatoms. The van der Waals surface area contributed by atoms with E-state index >= 15 is 0 Å². The van der Waals surface area contributed by atoms with Crippen molar-refractivity contribution in [2.45, 2.75) is 44.2 Å². The van der Waals surface area contributed by atoms with Crippen molar-refractivity contribution in [1.29, 1.82) is 0 Å². The molecule has 2 heterocycles. The normalized spacial score (nSPS) is 19.1. The molecule has 32 heavy (non-hydrogen) atoms. The van der Waals surface area contributed by atoms with Gasteiger partial charge in [-0.2, -0.15) is 0 Å². The lowest BCUT2D eigenvalue weighted by atomic mass is 9.99. The molecule has 0 saturated carbocycles. The first-order chi connectivity index (χ1) is 15.6. The lowest BCUT2D eigenvalue weighted by Crippen LogP contribution is -2.47. The molecule has 0 aromatic heterocycles. The Balaban J connectivity index is 1.58. The van der Waals surface area contributed by atoms with E-state index in [-0.39, 0.29) is 30.2 Å². The van der Waals surface area contributed by atoms with Crippen molar-refractivity contribution in [2.24, 2.45) is 0 Å². The molecule has 0 aliphatic carbocycles. The van der Waals surface area contributed by atoms with Crippen molar-refractivity contribution < 1.29 is 14.0 Å². The molecule has 170 valence electrons. The van der Waals surface area contributed by atoms with Crippen LogP contribution in [0.5, 0.6) is 0 Å². The molecule has 2 fully saturated rings. The Hall–Kier alpha value is -2.44. The highest BCUT2D eigenvalue weighted by molar-refractivity contribution is 6.31. The molecule has 2 unspecified atom stereocenters. The maximum absolute atomic E-state index is 14.8. The van der Waals surface area contributed by atoms with Crippen molar-refractivity contribution >= 4 is 23.4 Å². The number of amides is 2. The first-order valence-corrected chi connectivity index (χ1v) is 11.7. The zero-order chi connectivity index (χ0) is 22.5. The summed E-state index contributed by atoms with van der Waals surface area (Å²) >= 11 is 6.39. The molecule has 2 saturated heterocycles. The number of hydrogen-bond donors (Lipinski definition) is 1. The third-order valence-electron chi connectivity index (χ3n) is 6.42. The minimum atomic E-state index is -0.695. The predicted molar refractivity (Wildman–Crippen MR) is 123 cm³/mol. The van der Waals surface area contributed by atoms with Gasteiger partial charge in [0, 0.05) is 30.1 Å². The van der Waals surface area contributed by atoms with Crippen LogP contribution >= 0.6 is 11.6 Å². The monoisotopic (exact) mass is 457 g/mol. The summed E-state index contributed by atoms with van der Waals surface area (Å²) in [6.07, 6.45) is 4.25. The van der Waals surface area contributed by atoms with E-state index in [1.54, 1.807) is 17.0 Å². The molecular formula is C25H29ClFN3O2. The van der Waals surface area contributed by atoms with Gasteiger partial charge in [0.1, 0.15) is 11.9 Å². The van der Waals surface area contributed by atoms with E-state index in [0.29, 0.717) is 23.6 Å². The fourth-order valence-corrected chi connectivity index (χ4v) is 5.09. The number of nitrogens with one attached hydrogen (secondary N) is 1. The molecular weight excluding hydrogens is 429 g/mol. The van der Waals surface area contributed by atoms with Crippen molar-refractivity contribution in [1.82, 2.24) is 15.1 Å². The zero-order valence-electron chi connectivity index (χ0n) is 18.1. The fraction of sp³-hybridized carbons (Fsp3) is 0.440. The van der Waals surface area contributed by atoms with Gasteiger partial charge in [0.2, 0.25) is 11.8 Å². The SMILES string of the molecule is O=C(NCC(c1c(F)cccc1Cl)N1CCCC1)C(c1ccccc1)N1CCCCC1=O. The molecule has 0 radical (unpaired) electrons. The third-order valence-corrected chi connectivity index (χ3v) is 6.75. The first-order valence-electron chi connectivity index (χ1n) is 11.4. The Morgan fingerprint density at radius 1 is 1.00 bits per heavy atom. The molecule has 2 amide bonds. The van der Waals surface area contributed by atoms with Crippen LogP contribution in [0.2, 0.25) is 5.02 Å². The van der Waals surface area contributed by atoms with E-state index in [9.17, 15) is 14.0 Å².